The quantitative estimate of drug-likeness (QED) is 0.612. The molecule has 1 aromatic rings. The van der Waals surface area contributed by atoms with Crippen LogP contribution in [-0.4, -0.2) is 37.2 Å². The highest BCUT2D eigenvalue weighted by Crippen LogP contribution is 2.29. The van der Waals surface area contributed by atoms with Crippen molar-refractivity contribution in [3.05, 3.63) is 33.3 Å². The molecule has 1 amide bonds. The number of hydrogen-bond donors (Lipinski definition) is 1. The van der Waals surface area contributed by atoms with Crippen molar-refractivity contribution in [1.82, 2.24) is 5.32 Å². The zero-order chi connectivity index (χ0) is 15.1. The Kier molecular flexibility index (Phi) is 6.20. The van der Waals surface area contributed by atoms with E-state index in [9.17, 15) is 14.9 Å². The Morgan fingerprint density at radius 2 is 2.25 bits per heavy atom. The van der Waals surface area contributed by atoms with E-state index >= 15 is 0 Å². The Hall–Kier alpha value is -1.86. The van der Waals surface area contributed by atoms with Crippen LogP contribution in [0, 0.1) is 10.1 Å². The summed E-state index contributed by atoms with van der Waals surface area (Å²) in [5, 5.41) is 13.7. The Morgan fingerprint density at radius 3 is 2.85 bits per heavy atom. The topological polar surface area (TPSA) is 90.7 Å². The molecule has 0 saturated carbocycles. The summed E-state index contributed by atoms with van der Waals surface area (Å²) in [6.07, 6.45) is 0. The number of nitro groups is 1. The molecule has 0 fully saturated rings. The fraction of sp³-hybridized carbons (Fsp3) is 0.417. The molecule has 0 aliphatic heterocycles. The number of hydrogen-bond acceptors (Lipinski definition) is 5. The predicted octanol–water partition coefficient (Wildman–Crippen LogP) is 1.78. The molecule has 0 aliphatic rings. The minimum Gasteiger partial charge on any atom is -0.477 e. The lowest BCUT2D eigenvalue weighted by atomic mass is 10.3. The van der Waals surface area contributed by atoms with Gasteiger partial charge in [0.15, 0.2) is 12.4 Å². The normalized spacial score (nSPS) is 11.8. The van der Waals surface area contributed by atoms with E-state index in [-0.39, 0.29) is 24.1 Å². The average molecular weight is 303 g/mol. The van der Waals surface area contributed by atoms with Crippen LogP contribution in [-0.2, 0) is 9.53 Å². The molecule has 0 aliphatic carbocycles. The van der Waals surface area contributed by atoms with Crippen LogP contribution in [0.2, 0.25) is 5.02 Å². The number of rotatable bonds is 7. The first kappa shape index (κ1) is 16.2. The number of benzene rings is 1. The number of carbonyl (C=O) groups is 1. The lowest BCUT2D eigenvalue weighted by Gasteiger charge is -2.13. The van der Waals surface area contributed by atoms with Gasteiger partial charge in [-0.15, -0.1) is 0 Å². The Bertz CT molecular complexity index is 495. The molecule has 0 spiro atoms. The zero-order valence-electron chi connectivity index (χ0n) is 11.1. The minimum absolute atomic E-state index is 0.0444. The second kappa shape index (κ2) is 7.66. The van der Waals surface area contributed by atoms with Gasteiger partial charge in [-0.2, -0.15) is 0 Å². The Balaban J connectivity index is 2.63. The largest absolute Gasteiger partial charge is 0.477 e. The summed E-state index contributed by atoms with van der Waals surface area (Å²) < 4.78 is 10.0. The summed E-state index contributed by atoms with van der Waals surface area (Å²) in [6.45, 7) is 1.79. The van der Waals surface area contributed by atoms with Gasteiger partial charge in [-0.05, 0) is 13.0 Å². The minimum atomic E-state index is -0.600. The van der Waals surface area contributed by atoms with Crippen molar-refractivity contribution in [3.63, 3.8) is 0 Å². The summed E-state index contributed by atoms with van der Waals surface area (Å²) in [4.78, 5) is 21.8. The number of nitrogens with zero attached hydrogens (tertiary/aromatic N) is 1. The molecule has 0 saturated heterocycles. The van der Waals surface area contributed by atoms with Crippen LogP contribution < -0.4 is 10.1 Å². The van der Waals surface area contributed by atoms with Crippen molar-refractivity contribution in [3.8, 4) is 5.75 Å². The fourth-order valence-electron chi connectivity index (χ4n) is 1.51. The van der Waals surface area contributed by atoms with Gasteiger partial charge in [0, 0.05) is 30.3 Å². The first-order valence-electron chi connectivity index (χ1n) is 5.79. The SMILES string of the molecule is COCC(C)NC(=O)COc1cc(Cl)ccc1[N+](=O)[O-]. The lowest BCUT2D eigenvalue weighted by molar-refractivity contribution is -0.385. The Morgan fingerprint density at radius 1 is 1.55 bits per heavy atom. The Labute approximate surface area is 121 Å². The van der Waals surface area contributed by atoms with E-state index in [4.69, 9.17) is 21.1 Å². The van der Waals surface area contributed by atoms with E-state index < -0.39 is 10.8 Å². The molecule has 0 bridgehead atoms. The van der Waals surface area contributed by atoms with Crippen molar-refractivity contribution in [2.24, 2.45) is 0 Å². The van der Waals surface area contributed by atoms with Gasteiger partial charge in [0.1, 0.15) is 0 Å². The first-order chi connectivity index (χ1) is 9.43. The summed E-state index contributed by atoms with van der Waals surface area (Å²) in [5.74, 6) is -0.444. The smallest absolute Gasteiger partial charge is 0.311 e. The second-order valence-electron chi connectivity index (χ2n) is 4.08. The molecule has 1 atom stereocenters. The van der Waals surface area contributed by atoms with Crippen molar-refractivity contribution < 1.29 is 19.2 Å². The third kappa shape index (κ3) is 5.02. The lowest BCUT2D eigenvalue weighted by Crippen LogP contribution is -2.38. The average Bonchev–Trinajstić information content (AvgIpc) is 2.36. The summed E-state index contributed by atoms with van der Waals surface area (Å²) >= 11 is 5.74. The number of methoxy groups -OCH3 is 1. The van der Waals surface area contributed by atoms with E-state index in [2.05, 4.69) is 5.32 Å². The van der Waals surface area contributed by atoms with Gasteiger partial charge in [-0.1, -0.05) is 11.6 Å². The van der Waals surface area contributed by atoms with Crippen molar-refractivity contribution in [2.45, 2.75) is 13.0 Å². The predicted molar refractivity (Wildman–Crippen MR) is 73.1 cm³/mol. The monoisotopic (exact) mass is 302 g/mol. The molecule has 0 radical (unpaired) electrons. The van der Waals surface area contributed by atoms with E-state index in [1.807, 2.05) is 0 Å². The maximum absolute atomic E-state index is 11.6. The fourth-order valence-corrected chi connectivity index (χ4v) is 1.67. The zero-order valence-corrected chi connectivity index (χ0v) is 11.8. The molecule has 1 unspecified atom stereocenters. The number of ether oxygens (including phenoxy) is 2. The number of nitro benzene ring substituents is 1. The highest BCUT2D eigenvalue weighted by Gasteiger charge is 2.17. The van der Waals surface area contributed by atoms with E-state index in [0.29, 0.717) is 11.6 Å². The van der Waals surface area contributed by atoms with Crippen LogP contribution in [0.15, 0.2) is 18.2 Å². The highest BCUT2D eigenvalue weighted by molar-refractivity contribution is 6.30. The van der Waals surface area contributed by atoms with Crippen LogP contribution in [0.1, 0.15) is 6.92 Å². The van der Waals surface area contributed by atoms with Gasteiger partial charge in [0.25, 0.3) is 5.91 Å². The third-order valence-electron chi connectivity index (χ3n) is 2.30. The highest BCUT2D eigenvalue weighted by atomic mass is 35.5. The van der Waals surface area contributed by atoms with E-state index in [1.165, 1.54) is 25.3 Å². The molecule has 1 N–H and O–H groups in total. The molecule has 0 aromatic heterocycles. The molecular formula is C12H15ClN2O5. The van der Waals surface area contributed by atoms with Crippen molar-refractivity contribution >= 4 is 23.2 Å². The van der Waals surface area contributed by atoms with Crippen LogP contribution >= 0.6 is 11.6 Å². The standard InChI is InChI=1S/C12H15ClN2O5/c1-8(6-19-2)14-12(16)7-20-11-5-9(13)3-4-10(11)15(17)18/h3-5,8H,6-7H2,1-2H3,(H,14,16). The third-order valence-corrected chi connectivity index (χ3v) is 2.54. The van der Waals surface area contributed by atoms with E-state index in [1.54, 1.807) is 6.92 Å². The number of halogens is 1. The first-order valence-corrected chi connectivity index (χ1v) is 6.17. The summed E-state index contributed by atoms with van der Waals surface area (Å²) in [7, 11) is 1.52. The second-order valence-corrected chi connectivity index (χ2v) is 4.52. The van der Waals surface area contributed by atoms with Gasteiger partial charge in [-0.3, -0.25) is 14.9 Å². The van der Waals surface area contributed by atoms with Gasteiger partial charge < -0.3 is 14.8 Å². The molecule has 8 heteroatoms. The van der Waals surface area contributed by atoms with Gasteiger partial charge in [0.2, 0.25) is 0 Å². The van der Waals surface area contributed by atoms with Crippen LogP contribution in [0.3, 0.4) is 0 Å². The van der Waals surface area contributed by atoms with Crippen LogP contribution in [0.5, 0.6) is 5.75 Å². The molecule has 20 heavy (non-hydrogen) atoms. The van der Waals surface area contributed by atoms with Gasteiger partial charge in [-0.25, -0.2) is 0 Å². The van der Waals surface area contributed by atoms with E-state index in [0.717, 1.165) is 0 Å². The summed E-state index contributed by atoms with van der Waals surface area (Å²) in [5.41, 5.74) is -0.243. The maximum atomic E-state index is 11.6. The molecular weight excluding hydrogens is 288 g/mol. The van der Waals surface area contributed by atoms with Gasteiger partial charge >= 0.3 is 5.69 Å². The molecule has 1 aromatic carbocycles. The number of nitrogens with one attached hydrogen (secondary N) is 1. The van der Waals surface area contributed by atoms with Crippen LogP contribution in [0.25, 0.3) is 0 Å². The maximum Gasteiger partial charge on any atom is 0.311 e. The molecule has 110 valence electrons. The number of carbonyl (C=O) groups excluding carboxylic acids is 1. The van der Waals surface area contributed by atoms with Gasteiger partial charge in [0.05, 0.1) is 11.5 Å². The number of amides is 1. The molecule has 1 rings (SSSR count). The molecule has 0 heterocycles. The summed E-state index contributed by atoms with van der Waals surface area (Å²) in [6, 6.07) is 3.73. The molecule has 7 nitrogen and oxygen atoms in total. The van der Waals surface area contributed by atoms with Crippen LogP contribution in [0.4, 0.5) is 5.69 Å². The van der Waals surface area contributed by atoms with Crippen molar-refractivity contribution in [2.75, 3.05) is 20.3 Å². The van der Waals surface area contributed by atoms with Crippen molar-refractivity contribution in [1.29, 1.82) is 0 Å².